The molecule has 0 aliphatic carbocycles. The van der Waals surface area contributed by atoms with Crippen molar-refractivity contribution in [1.82, 2.24) is 29.7 Å². The van der Waals surface area contributed by atoms with Crippen LogP contribution >= 0.6 is 0 Å². The number of ether oxygens (including phenoxy) is 2. The lowest BCUT2D eigenvalue weighted by atomic mass is 10.1. The van der Waals surface area contributed by atoms with Crippen molar-refractivity contribution in [2.75, 3.05) is 70.2 Å². The summed E-state index contributed by atoms with van der Waals surface area (Å²) in [5.41, 5.74) is 2.52. The molecule has 13 heteroatoms. The molecule has 0 bridgehead atoms. The lowest BCUT2D eigenvalue weighted by Crippen LogP contribution is -2.55. The first-order valence-electron chi connectivity index (χ1n) is 17.2. The monoisotopic (exact) mass is 690 g/mol. The third-order valence-electron chi connectivity index (χ3n) is 8.02. The van der Waals surface area contributed by atoms with Gasteiger partial charge in [-0.1, -0.05) is 12.1 Å². The Balaban J connectivity index is 1.30. The highest BCUT2D eigenvalue weighted by Gasteiger charge is 2.29. The Kier molecular flexibility index (Phi) is 13.1. The Morgan fingerprint density at radius 3 is 2.42 bits per heavy atom. The van der Waals surface area contributed by atoms with Crippen molar-refractivity contribution in [2.24, 2.45) is 0 Å². The standard InChI is InChI=1S/C37H54N8O5/c1-36(2,3)49-33(47)25-44-19-20-45(30(24-44)26-46)23-27-11-9-12-29(21-27)40-34-38-16-15-31(41-34)28-13-14-32(39-22-28)42(7)17-10-18-43(8)35(48)50-37(4,5)6/h9,11-16,21-22,30,46H,10,17-20,23-26H2,1-8H3,(H,38,40,41). The molecule has 3 aromatic rings. The van der Waals surface area contributed by atoms with Crippen LogP contribution in [0.2, 0.25) is 0 Å². The van der Waals surface area contributed by atoms with Crippen molar-refractivity contribution in [3.05, 3.63) is 60.4 Å². The average Bonchev–Trinajstić information content (AvgIpc) is 3.04. The number of rotatable bonds is 13. The van der Waals surface area contributed by atoms with Gasteiger partial charge in [-0.05, 0) is 83.9 Å². The lowest BCUT2D eigenvalue weighted by molar-refractivity contribution is -0.157. The first kappa shape index (κ1) is 38.5. The summed E-state index contributed by atoms with van der Waals surface area (Å²) >= 11 is 0. The lowest BCUT2D eigenvalue weighted by Gasteiger charge is -2.40. The SMILES string of the molecule is CN(CCCN(C)c1ccc(-c2ccnc(Nc3cccc(CN4CCN(CC(=O)OC(C)(C)C)CC4CO)c3)n2)cn1)C(=O)OC(C)(C)C. The predicted molar refractivity (Wildman–Crippen MR) is 195 cm³/mol. The number of benzene rings is 1. The van der Waals surface area contributed by atoms with E-state index in [1.807, 2.05) is 83.8 Å². The Morgan fingerprint density at radius 1 is 0.980 bits per heavy atom. The molecule has 3 heterocycles. The maximum atomic E-state index is 12.3. The van der Waals surface area contributed by atoms with Crippen molar-refractivity contribution in [3.8, 4) is 11.3 Å². The van der Waals surface area contributed by atoms with Crippen LogP contribution in [0.15, 0.2) is 54.9 Å². The molecule has 1 atom stereocenters. The van der Waals surface area contributed by atoms with Crippen molar-refractivity contribution >= 4 is 29.5 Å². The van der Waals surface area contributed by atoms with Crippen LogP contribution in [-0.2, 0) is 20.8 Å². The summed E-state index contributed by atoms with van der Waals surface area (Å²) in [6, 6.07) is 13.8. The number of anilines is 3. The van der Waals surface area contributed by atoms with Crippen LogP contribution in [0.4, 0.5) is 22.2 Å². The van der Waals surface area contributed by atoms with E-state index < -0.39 is 11.2 Å². The summed E-state index contributed by atoms with van der Waals surface area (Å²) in [5, 5.41) is 13.5. The minimum Gasteiger partial charge on any atom is -0.459 e. The number of esters is 1. The van der Waals surface area contributed by atoms with Crippen LogP contribution in [0.25, 0.3) is 11.3 Å². The molecule has 50 heavy (non-hydrogen) atoms. The van der Waals surface area contributed by atoms with Gasteiger partial charge >= 0.3 is 12.1 Å². The third-order valence-corrected chi connectivity index (χ3v) is 8.02. The van der Waals surface area contributed by atoms with Gasteiger partial charge in [-0.2, -0.15) is 0 Å². The fourth-order valence-electron chi connectivity index (χ4n) is 5.58. The van der Waals surface area contributed by atoms with Gasteiger partial charge in [0, 0.05) is 83.1 Å². The maximum absolute atomic E-state index is 12.3. The van der Waals surface area contributed by atoms with Crippen LogP contribution in [0.3, 0.4) is 0 Å². The molecule has 0 radical (unpaired) electrons. The molecule has 2 N–H and O–H groups in total. The molecule has 1 amide bonds. The van der Waals surface area contributed by atoms with Gasteiger partial charge in [-0.15, -0.1) is 0 Å². The second kappa shape index (κ2) is 17.1. The highest BCUT2D eigenvalue weighted by atomic mass is 16.6. The van der Waals surface area contributed by atoms with Crippen molar-refractivity contribution < 1.29 is 24.2 Å². The summed E-state index contributed by atoms with van der Waals surface area (Å²) in [4.78, 5) is 46.3. The second-order valence-corrected chi connectivity index (χ2v) is 14.8. The highest BCUT2D eigenvalue weighted by molar-refractivity contribution is 5.72. The zero-order chi connectivity index (χ0) is 36.5. The molecule has 4 rings (SSSR count). The topological polar surface area (TPSA) is 136 Å². The minimum atomic E-state index is -0.521. The quantitative estimate of drug-likeness (QED) is 0.239. The molecule has 1 aliphatic heterocycles. The normalized spacial score (nSPS) is 15.7. The van der Waals surface area contributed by atoms with E-state index in [1.54, 1.807) is 24.3 Å². The molecule has 13 nitrogen and oxygen atoms in total. The molecule has 1 fully saturated rings. The van der Waals surface area contributed by atoms with E-state index in [0.717, 1.165) is 47.8 Å². The molecule has 0 saturated carbocycles. The molecule has 1 aromatic carbocycles. The minimum absolute atomic E-state index is 0.00294. The summed E-state index contributed by atoms with van der Waals surface area (Å²) in [6.07, 6.45) is 3.97. The Labute approximate surface area is 296 Å². The second-order valence-electron chi connectivity index (χ2n) is 14.8. The first-order chi connectivity index (χ1) is 23.6. The van der Waals surface area contributed by atoms with E-state index >= 15 is 0 Å². The van der Waals surface area contributed by atoms with Crippen LogP contribution < -0.4 is 10.2 Å². The molecule has 0 spiro atoms. The molecular weight excluding hydrogens is 636 g/mol. The number of amides is 1. The van der Waals surface area contributed by atoms with Gasteiger partial charge in [0.2, 0.25) is 5.95 Å². The molecule has 1 saturated heterocycles. The zero-order valence-corrected chi connectivity index (χ0v) is 30.8. The van der Waals surface area contributed by atoms with E-state index in [2.05, 4.69) is 37.2 Å². The number of aliphatic hydroxyl groups is 1. The molecule has 2 aromatic heterocycles. The third kappa shape index (κ3) is 12.2. The summed E-state index contributed by atoms with van der Waals surface area (Å²) in [6.45, 7) is 15.4. The number of aliphatic hydroxyl groups excluding tert-OH is 1. The number of nitrogens with one attached hydrogen (secondary N) is 1. The molecule has 1 aliphatic rings. The smallest absolute Gasteiger partial charge is 0.410 e. The number of pyridine rings is 1. The molecule has 272 valence electrons. The number of piperazine rings is 1. The van der Waals surface area contributed by atoms with Gasteiger partial charge in [0.05, 0.1) is 18.8 Å². The fraction of sp³-hybridized carbons (Fsp3) is 0.541. The van der Waals surface area contributed by atoms with Crippen molar-refractivity contribution in [3.63, 3.8) is 0 Å². The van der Waals surface area contributed by atoms with Gasteiger partial charge < -0.3 is 29.7 Å². The largest absolute Gasteiger partial charge is 0.459 e. The number of hydrogen-bond acceptors (Lipinski definition) is 12. The first-order valence-corrected chi connectivity index (χ1v) is 17.2. The summed E-state index contributed by atoms with van der Waals surface area (Å²) in [5.74, 6) is 1.05. The van der Waals surface area contributed by atoms with Crippen molar-refractivity contribution in [1.29, 1.82) is 0 Å². The Morgan fingerprint density at radius 2 is 1.74 bits per heavy atom. The van der Waals surface area contributed by atoms with E-state index in [-0.39, 0.29) is 31.3 Å². The van der Waals surface area contributed by atoms with Crippen LogP contribution in [0.5, 0.6) is 0 Å². The van der Waals surface area contributed by atoms with Crippen LogP contribution in [0, 0.1) is 0 Å². The van der Waals surface area contributed by atoms with E-state index in [9.17, 15) is 14.7 Å². The zero-order valence-electron chi connectivity index (χ0n) is 30.8. The van der Waals surface area contributed by atoms with Gasteiger partial charge in [0.1, 0.15) is 17.0 Å². The summed E-state index contributed by atoms with van der Waals surface area (Å²) in [7, 11) is 3.73. The highest BCUT2D eigenvalue weighted by Crippen LogP contribution is 2.23. The van der Waals surface area contributed by atoms with Gasteiger partial charge in [0.15, 0.2) is 0 Å². The van der Waals surface area contributed by atoms with Crippen LogP contribution in [-0.4, -0.2) is 124 Å². The van der Waals surface area contributed by atoms with Gasteiger partial charge in [-0.3, -0.25) is 14.6 Å². The van der Waals surface area contributed by atoms with E-state index in [4.69, 9.17) is 14.5 Å². The molecule has 1 unspecified atom stereocenters. The van der Waals surface area contributed by atoms with Gasteiger partial charge in [-0.25, -0.2) is 19.7 Å². The van der Waals surface area contributed by atoms with Gasteiger partial charge in [0.25, 0.3) is 0 Å². The van der Waals surface area contributed by atoms with Crippen molar-refractivity contribution in [2.45, 2.75) is 71.8 Å². The maximum Gasteiger partial charge on any atom is 0.410 e. The Bertz CT molecular complexity index is 1560. The number of hydrogen-bond donors (Lipinski definition) is 2. The molecular formula is C37H54N8O5. The van der Waals surface area contributed by atoms with E-state index in [0.29, 0.717) is 32.1 Å². The van der Waals surface area contributed by atoms with Crippen LogP contribution in [0.1, 0.15) is 53.5 Å². The fourth-order valence-corrected chi connectivity index (χ4v) is 5.58. The van der Waals surface area contributed by atoms with E-state index in [1.165, 1.54) is 0 Å². The Hall–Kier alpha value is -4.33. The predicted octanol–water partition coefficient (Wildman–Crippen LogP) is 4.80. The number of carbonyl (C=O) groups excluding carboxylic acids is 2. The number of aromatic nitrogens is 3. The number of carbonyl (C=O) groups is 2. The average molecular weight is 691 g/mol. The number of nitrogens with zero attached hydrogens (tertiary/aromatic N) is 7. The summed E-state index contributed by atoms with van der Waals surface area (Å²) < 4.78 is 10.9.